The number of aryl methyl sites for hydroxylation is 1. The first kappa shape index (κ1) is 12.2. The summed E-state index contributed by atoms with van der Waals surface area (Å²) in [6.45, 7) is 2.20. The molecule has 2 rings (SSSR count). The molecule has 1 heterocycles. The second kappa shape index (κ2) is 4.91. The summed E-state index contributed by atoms with van der Waals surface area (Å²) in [7, 11) is 1.58. The summed E-state index contributed by atoms with van der Waals surface area (Å²) in [5.41, 5.74) is 7.64. The number of nitrogens with two attached hydrogens (primary N) is 1. The van der Waals surface area contributed by atoms with Gasteiger partial charge >= 0.3 is 5.69 Å². The van der Waals surface area contributed by atoms with Crippen molar-refractivity contribution in [1.29, 1.82) is 0 Å². The summed E-state index contributed by atoms with van der Waals surface area (Å²) in [5.74, 6) is 0.669. The Morgan fingerprint density at radius 1 is 1.39 bits per heavy atom. The minimum Gasteiger partial charge on any atom is -0.496 e. The van der Waals surface area contributed by atoms with Crippen LogP contribution >= 0.6 is 0 Å². The molecular formula is C13H15N3O2. The number of ether oxygens (including phenoxy) is 1. The molecule has 0 aliphatic rings. The van der Waals surface area contributed by atoms with Crippen LogP contribution in [0.2, 0.25) is 0 Å². The van der Waals surface area contributed by atoms with E-state index in [1.54, 1.807) is 38.4 Å². The van der Waals surface area contributed by atoms with Crippen LogP contribution in [0.1, 0.15) is 11.3 Å². The summed E-state index contributed by atoms with van der Waals surface area (Å²) in [5, 5.41) is 0. The molecule has 0 atom stereocenters. The van der Waals surface area contributed by atoms with Gasteiger partial charge in [-0.3, -0.25) is 4.57 Å². The Morgan fingerprint density at radius 3 is 2.83 bits per heavy atom. The van der Waals surface area contributed by atoms with Gasteiger partial charge in [0.1, 0.15) is 5.75 Å². The van der Waals surface area contributed by atoms with Crippen molar-refractivity contribution in [2.45, 2.75) is 13.5 Å². The number of anilines is 1. The maximum absolute atomic E-state index is 11.7. The van der Waals surface area contributed by atoms with E-state index in [0.29, 0.717) is 23.7 Å². The lowest BCUT2D eigenvalue weighted by atomic mass is 10.2. The van der Waals surface area contributed by atoms with Gasteiger partial charge in [-0.25, -0.2) is 4.79 Å². The van der Waals surface area contributed by atoms with E-state index >= 15 is 0 Å². The van der Waals surface area contributed by atoms with Gasteiger partial charge < -0.3 is 10.5 Å². The van der Waals surface area contributed by atoms with Gasteiger partial charge in [-0.15, -0.1) is 0 Å². The SMILES string of the molecule is COc1cc(N)ccc1Cn1ccc(C)nc1=O. The van der Waals surface area contributed by atoms with Crippen molar-refractivity contribution in [3.63, 3.8) is 0 Å². The molecule has 0 saturated carbocycles. The molecule has 18 heavy (non-hydrogen) atoms. The molecule has 0 aliphatic heterocycles. The lowest BCUT2D eigenvalue weighted by molar-refractivity contribution is 0.408. The van der Waals surface area contributed by atoms with E-state index in [4.69, 9.17) is 10.5 Å². The average molecular weight is 245 g/mol. The first-order valence-electron chi connectivity index (χ1n) is 5.56. The van der Waals surface area contributed by atoms with Gasteiger partial charge in [-0.1, -0.05) is 6.07 Å². The van der Waals surface area contributed by atoms with Gasteiger partial charge in [0.05, 0.1) is 13.7 Å². The van der Waals surface area contributed by atoms with Crippen LogP contribution in [-0.4, -0.2) is 16.7 Å². The minimum atomic E-state index is -0.270. The summed E-state index contributed by atoms with van der Waals surface area (Å²) in [4.78, 5) is 15.6. The van der Waals surface area contributed by atoms with Gasteiger partial charge in [0, 0.05) is 29.2 Å². The number of nitrogen functional groups attached to an aromatic ring is 1. The van der Waals surface area contributed by atoms with Crippen LogP contribution in [0.3, 0.4) is 0 Å². The molecule has 0 amide bonds. The Labute approximate surface area is 105 Å². The fourth-order valence-electron chi connectivity index (χ4n) is 1.71. The minimum absolute atomic E-state index is 0.270. The monoisotopic (exact) mass is 245 g/mol. The van der Waals surface area contributed by atoms with E-state index in [-0.39, 0.29) is 5.69 Å². The van der Waals surface area contributed by atoms with Gasteiger partial charge in [-0.05, 0) is 19.1 Å². The predicted molar refractivity (Wildman–Crippen MR) is 69.7 cm³/mol. The van der Waals surface area contributed by atoms with Crippen molar-refractivity contribution in [2.24, 2.45) is 0 Å². The van der Waals surface area contributed by atoms with Gasteiger partial charge in [0.15, 0.2) is 0 Å². The van der Waals surface area contributed by atoms with Crippen LogP contribution in [0.15, 0.2) is 35.3 Å². The third kappa shape index (κ3) is 2.51. The zero-order valence-electron chi connectivity index (χ0n) is 10.4. The molecule has 5 nitrogen and oxygen atoms in total. The second-order valence-electron chi connectivity index (χ2n) is 4.05. The zero-order valence-corrected chi connectivity index (χ0v) is 10.4. The Morgan fingerprint density at radius 2 is 2.17 bits per heavy atom. The third-order valence-electron chi connectivity index (χ3n) is 2.67. The lowest BCUT2D eigenvalue weighted by Crippen LogP contribution is -2.23. The van der Waals surface area contributed by atoms with Gasteiger partial charge in [-0.2, -0.15) is 4.98 Å². The van der Waals surface area contributed by atoms with Crippen molar-refractivity contribution in [3.05, 3.63) is 52.2 Å². The molecule has 5 heteroatoms. The number of aromatic nitrogens is 2. The van der Waals surface area contributed by atoms with Crippen molar-refractivity contribution < 1.29 is 4.74 Å². The maximum Gasteiger partial charge on any atom is 0.348 e. The van der Waals surface area contributed by atoms with Crippen molar-refractivity contribution >= 4 is 5.69 Å². The van der Waals surface area contributed by atoms with Crippen molar-refractivity contribution in [1.82, 2.24) is 9.55 Å². The van der Waals surface area contributed by atoms with Crippen LogP contribution in [0.4, 0.5) is 5.69 Å². The molecule has 1 aromatic carbocycles. The topological polar surface area (TPSA) is 70.1 Å². The summed E-state index contributed by atoms with van der Waals surface area (Å²) in [6, 6.07) is 7.16. The fourth-order valence-corrected chi connectivity index (χ4v) is 1.71. The molecule has 1 aromatic heterocycles. The van der Waals surface area contributed by atoms with Crippen LogP contribution in [0, 0.1) is 6.92 Å². The molecule has 0 saturated heterocycles. The zero-order chi connectivity index (χ0) is 13.1. The molecular weight excluding hydrogens is 230 g/mol. The van der Waals surface area contributed by atoms with E-state index in [0.717, 1.165) is 5.56 Å². The molecule has 94 valence electrons. The van der Waals surface area contributed by atoms with Crippen molar-refractivity contribution in [2.75, 3.05) is 12.8 Å². The number of benzene rings is 1. The molecule has 0 aliphatic carbocycles. The van der Waals surface area contributed by atoms with Crippen LogP contribution < -0.4 is 16.2 Å². The molecule has 0 radical (unpaired) electrons. The first-order chi connectivity index (χ1) is 8.60. The highest BCUT2D eigenvalue weighted by atomic mass is 16.5. The number of methoxy groups -OCH3 is 1. The molecule has 0 fully saturated rings. The highest BCUT2D eigenvalue weighted by molar-refractivity contribution is 5.48. The van der Waals surface area contributed by atoms with E-state index in [1.165, 1.54) is 4.57 Å². The quantitative estimate of drug-likeness (QED) is 0.825. The maximum atomic E-state index is 11.7. The van der Waals surface area contributed by atoms with Crippen molar-refractivity contribution in [3.8, 4) is 5.75 Å². The van der Waals surface area contributed by atoms with Crippen LogP contribution in [0.25, 0.3) is 0 Å². The smallest absolute Gasteiger partial charge is 0.348 e. The Bertz CT molecular complexity index is 620. The summed E-state index contributed by atoms with van der Waals surface area (Å²) < 4.78 is 6.77. The van der Waals surface area contributed by atoms with Gasteiger partial charge in [0.2, 0.25) is 0 Å². The predicted octanol–water partition coefficient (Wildman–Crippen LogP) is 1.19. The third-order valence-corrected chi connectivity index (χ3v) is 2.67. The Hall–Kier alpha value is -2.30. The largest absolute Gasteiger partial charge is 0.496 e. The highest BCUT2D eigenvalue weighted by Crippen LogP contribution is 2.21. The summed E-state index contributed by atoms with van der Waals surface area (Å²) in [6.07, 6.45) is 1.72. The summed E-state index contributed by atoms with van der Waals surface area (Å²) >= 11 is 0. The normalized spacial score (nSPS) is 10.3. The fraction of sp³-hybridized carbons (Fsp3) is 0.231. The Balaban J connectivity index is 2.37. The Kier molecular flexibility index (Phi) is 3.32. The van der Waals surface area contributed by atoms with E-state index in [9.17, 15) is 4.79 Å². The first-order valence-corrected chi connectivity index (χ1v) is 5.56. The van der Waals surface area contributed by atoms with E-state index in [1.807, 2.05) is 6.07 Å². The molecule has 0 spiro atoms. The lowest BCUT2D eigenvalue weighted by Gasteiger charge is -2.10. The number of rotatable bonds is 3. The molecule has 2 N–H and O–H groups in total. The number of hydrogen-bond donors (Lipinski definition) is 1. The molecule has 0 unspecified atom stereocenters. The number of hydrogen-bond acceptors (Lipinski definition) is 4. The molecule has 0 bridgehead atoms. The molecule has 2 aromatic rings. The highest BCUT2D eigenvalue weighted by Gasteiger charge is 2.06. The average Bonchev–Trinajstić information content (AvgIpc) is 2.34. The van der Waals surface area contributed by atoms with E-state index in [2.05, 4.69) is 4.98 Å². The second-order valence-corrected chi connectivity index (χ2v) is 4.05. The van der Waals surface area contributed by atoms with Crippen LogP contribution in [0.5, 0.6) is 5.75 Å². The van der Waals surface area contributed by atoms with E-state index < -0.39 is 0 Å². The van der Waals surface area contributed by atoms with Crippen LogP contribution in [-0.2, 0) is 6.54 Å². The standard InChI is InChI=1S/C13H15N3O2/c1-9-5-6-16(13(17)15-9)8-10-3-4-11(14)7-12(10)18-2/h3-7H,8,14H2,1-2H3. The van der Waals surface area contributed by atoms with Gasteiger partial charge in [0.25, 0.3) is 0 Å². The number of nitrogens with zero attached hydrogens (tertiary/aromatic N) is 2.